The smallest absolute Gasteiger partial charge is 0.0686 e. The predicted molar refractivity (Wildman–Crippen MR) is 76.5 cm³/mol. The van der Waals surface area contributed by atoms with E-state index in [0.29, 0.717) is 6.54 Å². The highest BCUT2D eigenvalue weighted by atomic mass is 79.9. The molecule has 2 N–H and O–H groups in total. The zero-order chi connectivity index (χ0) is 12.8. The fourth-order valence-electron chi connectivity index (χ4n) is 1.68. The van der Waals surface area contributed by atoms with Crippen LogP contribution in [0.4, 0.5) is 5.69 Å². The number of hydrogen-bond donors (Lipinski definition) is 2. The molecule has 0 fully saturated rings. The van der Waals surface area contributed by atoms with E-state index in [9.17, 15) is 5.11 Å². The van der Waals surface area contributed by atoms with Crippen LogP contribution in [0.2, 0.25) is 0 Å². The lowest BCUT2D eigenvalue weighted by Gasteiger charge is -2.21. The Hall–Kier alpha value is -0.580. The van der Waals surface area contributed by atoms with Gasteiger partial charge in [0.25, 0.3) is 0 Å². The van der Waals surface area contributed by atoms with E-state index in [1.54, 1.807) is 6.92 Å². The van der Waals surface area contributed by atoms with Crippen molar-refractivity contribution in [3.05, 3.63) is 28.2 Å². The number of benzene rings is 1. The predicted octanol–water partition coefficient (Wildman–Crippen LogP) is 2.38. The molecule has 17 heavy (non-hydrogen) atoms. The van der Waals surface area contributed by atoms with Gasteiger partial charge in [-0.15, -0.1) is 0 Å². The summed E-state index contributed by atoms with van der Waals surface area (Å²) >= 11 is 3.58. The van der Waals surface area contributed by atoms with Crippen molar-refractivity contribution >= 4 is 21.6 Å². The summed E-state index contributed by atoms with van der Waals surface area (Å²) in [7, 11) is 1.98. The third-order valence-electron chi connectivity index (χ3n) is 2.58. The largest absolute Gasteiger partial charge is 0.392 e. The van der Waals surface area contributed by atoms with Gasteiger partial charge in [0.15, 0.2) is 0 Å². The molecule has 0 saturated heterocycles. The Kier molecular flexibility index (Phi) is 5.95. The second kappa shape index (κ2) is 6.99. The number of anilines is 1. The summed E-state index contributed by atoms with van der Waals surface area (Å²) in [5.41, 5.74) is 2.36. The lowest BCUT2D eigenvalue weighted by atomic mass is 10.2. The second-order valence-electron chi connectivity index (χ2n) is 4.29. The molecule has 0 heterocycles. The second-order valence-corrected chi connectivity index (χ2v) is 5.14. The maximum Gasteiger partial charge on any atom is 0.0686 e. The summed E-state index contributed by atoms with van der Waals surface area (Å²) in [5.74, 6) is 0. The molecule has 0 bridgehead atoms. The summed E-state index contributed by atoms with van der Waals surface area (Å²) in [6.45, 7) is 6.37. The molecule has 1 aromatic carbocycles. The van der Waals surface area contributed by atoms with E-state index < -0.39 is 0 Å². The number of likely N-dealkylation sites (N-methyl/N-ethyl adjacent to an activating group) is 1. The van der Waals surface area contributed by atoms with Crippen molar-refractivity contribution in [1.82, 2.24) is 5.32 Å². The maximum atomic E-state index is 9.36. The van der Waals surface area contributed by atoms with Crippen LogP contribution in [0.5, 0.6) is 0 Å². The number of nitrogens with zero attached hydrogens (tertiary/aromatic N) is 1. The van der Waals surface area contributed by atoms with Gasteiger partial charge in [-0.2, -0.15) is 0 Å². The van der Waals surface area contributed by atoms with Crippen LogP contribution < -0.4 is 10.2 Å². The average molecular weight is 301 g/mol. The van der Waals surface area contributed by atoms with E-state index in [0.717, 1.165) is 23.2 Å². The fraction of sp³-hybridized carbons (Fsp3) is 0.538. The van der Waals surface area contributed by atoms with Crippen LogP contribution in [0.1, 0.15) is 19.4 Å². The van der Waals surface area contributed by atoms with Crippen LogP contribution in [0.25, 0.3) is 0 Å². The molecule has 0 saturated carbocycles. The molecular formula is C13H21BrN2O. The third kappa shape index (κ3) is 4.66. The number of hydrogen-bond acceptors (Lipinski definition) is 3. The molecule has 1 unspecified atom stereocenters. The normalized spacial score (nSPS) is 12.5. The zero-order valence-electron chi connectivity index (χ0n) is 10.7. The number of nitrogens with one attached hydrogen (secondary N) is 1. The summed E-state index contributed by atoms with van der Waals surface area (Å²) in [4.78, 5) is 2.05. The molecule has 0 aliphatic rings. The molecule has 1 rings (SSSR count). The van der Waals surface area contributed by atoms with Crippen LogP contribution >= 0.6 is 15.9 Å². The molecule has 0 radical (unpaired) electrons. The molecule has 4 heteroatoms. The quantitative estimate of drug-likeness (QED) is 0.847. The molecule has 1 atom stereocenters. The highest BCUT2D eigenvalue weighted by Crippen LogP contribution is 2.23. The van der Waals surface area contributed by atoms with Gasteiger partial charge in [0.2, 0.25) is 0 Å². The Morgan fingerprint density at radius 1 is 1.47 bits per heavy atom. The van der Waals surface area contributed by atoms with Crippen LogP contribution in [-0.2, 0) is 6.54 Å². The van der Waals surface area contributed by atoms with Gasteiger partial charge in [-0.05, 0) is 31.2 Å². The van der Waals surface area contributed by atoms with Gasteiger partial charge >= 0.3 is 0 Å². The lowest BCUT2D eigenvalue weighted by molar-refractivity contribution is 0.201. The summed E-state index contributed by atoms with van der Waals surface area (Å²) < 4.78 is 1.10. The minimum absolute atomic E-state index is 0.319. The minimum atomic E-state index is -0.319. The minimum Gasteiger partial charge on any atom is -0.392 e. The van der Waals surface area contributed by atoms with Crippen molar-refractivity contribution in [3.8, 4) is 0 Å². The van der Waals surface area contributed by atoms with Gasteiger partial charge in [0.05, 0.1) is 6.10 Å². The van der Waals surface area contributed by atoms with E-state index in [2.05, 4.69) is 46.4 Å². The van der Waals surface area contributed by atoms with E-state index in [4.69, 9.17) is 0 Å². The molecule has 0 amide bonds. The number of halogens is 1. The van der Waals surface area contributed by atoms with Gasteiger partial charge in [0, 0.05) is 30.3 Å². The molecule has 0 aliphatic carbocycles. The van der Waals surface area contributed by atoms with E-state index in [1.165, 1.54) is 5.56 Å². The number of aliphatic hydroxyl groups is 1. The fourth-order valence-corrected chi connectivity index (χ4v) is 2.19. The summed E-state index contributed by atoms with van der Waals surface area (Å²) in [6, 6.07) is 6.29. The van der Waals surface area contributed by atoms with Crippen molar-refractivity contribution < 1.29 is 5.11 Å². The van der Waals surface area contributed by atoms with Crippen molar-refractivity contribution in [2.45, 2.75) is 26.5 Å². The van der Waals surface area contributed by atoms with E-state index in [-0.39, 0.29) is 6.10 Å². The van der Waals surface area contributed by atoms with Gasteiger partial charge in [0.1, 0.15) is 0 Å². The Morgan fingerprint density at radius 2 is 2.18 bits per heavy atom. The monoisotopic (exact) mass is 300 g/mol. The Balaban J connectivity index is 2.73. The highest BCUT2D eigenvalue weighted by Gasteiger charge is 2.07. The zero-order valence-corrected chi connectivity index (χ0v) is 12.3. The van der Waals surface area contributed by atoms with Crippen LogP contribution in [0.3, 0.4) is 0 Å². The first-order chi connectivity index (χ1) is 8.04. The molecular weight excluding hydrogens is 280 g/mol. The molecule has 0 aliphatic heterocycles. The standard InChI is InChI=1S/C13H21BrN2O/c1-4-15-8-11-5-6-12(7-13(11)14)16(3)9-10(2)17/h5-7,10,15,17H,4,8-9H2,1-3H3. The molecule has 0 aromatic heterocycles. The number of aliphatic hydroxyl groups excluding tert-OH is 1. The lowest BCUT2D eigenvalue weighted by Crippen LogP contribution is -2.26. The first kappa shape index (κ1) is 14.5. The van der Waals surface area contributed by atoms with E-state index >= 15 is 0 Å². The van der Waals surface area contributed by atoms with Crippen molar-refractivity contribution in [3.63, 3.8) is 0 Å². The van der Waals surface area contributed by atoms with Crippen molar-refractivity contribution in [2.75, 3.05) is 25.0 Å². The van der Waals surface area contributed by atoms with Gasteiger partial charge in [-0.1, -0.05) is 28.9 Å². The highest BCUT2D eigenvalue weighted by molar-refractivity contribution is 9.10. The maximum absolute atomic E-state index is 9.36. The van der Waals surface area contributed by atoms with Crippen molar-refractivity contribution in [1.29, 1.82) is 0 Å². The number of rotatable bonds is 6. The Morgan fingerprint density at radius 3 is 2.71 bits per heavy atom. The summed E-state index contributed by atoms with van der Waals surface area (Å²) in [6.07, 6.45) is -0.319. The van der Waals surface area contributed by atoms with E-state index in [1.807, 2.05) is 11.9 Å². The first-order valence-corrected chi connectivity index (χ1v) is 6.72. The van der Waals surface area contributed by atoms with Gasteiger partial charge < -0.3 is 15.3 Å². The van der Waals surface area contributed by atoms with Gasteiger partial charge in [-0.3, -0.25) is 0 Å². The SMILES string of the molecule is CCNCc1ccc(N(C)CC(C)O)cc1Br. The summed E-state index contributed by atoms with van der Waals surface area (Å²) in [5, 5.41) is 12.7. The van der Waals surface area contributed by atoms with Crippen LogP contribution in [0, 0.1) is 0 Å². The molecule has 1 aromatic rings. The Labute approximate surface area is 112 Å². The topological polar surface area (TPSA) is 35.5 Å². The first-order valence-electron chi connectivity index (χ1n) is 5.93. The third-order valence-corrected chi connectivity index (χ3v) is 3.32. The van der Waals surface area contributed by atoms with Crippen LogP contribution in [-0.4, -0.2) is 31.3 Å². The van der Waals surface area contributed by atoms with Gasteiger partial charge in [-0.25, -0.2) is 0 Å². The average Bonchev–Trinajstić information content (AvgIpc) is 2.26. The Bertz CT molecular complexity index is 355. The molecule has 3 nitrogen and oxygen atoms in total. The molecule has 0 spiro atoms. The molecule has 96 valence electrons. The van der Waals surface area contributed by atoms with Crippen LogP contribution in [0.15, 0.2) is 22.7 Å². The van der Waals surface area contributed by atoms with Crippen molar-refractivity contribution in [2.24, 2.45) is 0 Å².